The molecule has 2 N–H and O–H groups in total. The van der Waals surface area contributed by atoms with Crippen LogP contribution in [0.3, 0.4) is 0 Å². The van der Waals surface area contributed by atoms with E-state index in [1.165, 1.54) is 4.90 Å². The number of rotatable bonds is 6. The lowest BCUT2D eigenvalue weighted by molar-refractivity contribution is -0.142. The van der Waals surface area contributed by atoms with Crippen LogP contribution < -0.4 is 5.32 Å². The van der Waals surface area contributed by atoms with Crippen molar-refractivity contribution < 1.29 is 23.6 Å². The van der Waals surface area contributed by atoms with E-state index in [1.807, 2.05) is 6.92 Å². The van der Waals surface area contributed by atoms with Gasteiger partial charge in [-0.25, -0.2) is 4.79 Å². The van der Waals surface area contributed by atoms with E-state index in [2.05, 4.69) is 5.32 Å². The van der Waals surface area contributed by atoms with Crippen LogP contribution in [-0.4, -0.2) is 70.6 Å². The molecule has 1 heterocycles. The quantitative estimate of drug-likeness (QED) is 0.688. The molecule has 1 fully saturated rings. The van der Waals surface area contributed by atoms with Crippen molar-refractivity contribution in [2.24, 2.45) is 5.92 Å². The van der Waals surface area contributed by atoms with Crippen molar-refractivity contribution in [1.29, 1.82) is 0 Å². The fraction of sp³-hybridized carbons (Fsp3) is 0.818. The fourth-order valence-electron chi connectivity index (χ4n) is 1.85. The van der Waals surface area contributed by atoms with Crippen molar-refractivity contribution in [3.63, 3.8) is 0 Å². The molecule has 1 saturated heterocycles. The molecule has 0 aliphatic carbocycles. The molecule has 8 heteroatoms. The summed E-state index contributed by atoms with van der Waals surface area (Å²) in [5.74, 6) is -0.696. The van der Waals surface area contributed by atoms with Gasteiger partial charge in [-0.2, -0.15) is 0 Å². The standard InChI is InChI=1S/C11H20N2O5S/c1-3-19(17)5-4-12-11(16)13(2)9-7-18-6-8(9)10(14)15/h8-9H,3-7H2,1-2H3,(H,12,16)(H,14,15). The number of aliphatic carboxylic acids is 1. The summed E-state index contributed by atoms with van der Waals surface area (Å²) in [4.78, 5) is 24.2. The van der Waals surface area contributed by atoms with Crippen molar-refractivity contribution >= 4 is 22.8 Å². The summed E-state index contributed by atoms with van der Waals surface area (Å²) >= 11 is 0. The third-order valence-corrected chi connectivity index (χ3v) is 4.42. The SMILES string of the molecule is CCS(=O)CCNC(=O)N(C)C1COCC1C(=O)O. The van der Waals surface area contributed by atoms with Crippen LogP contribution in [0.2, 0.25) is 0 Å². The summed E-state index contributed by atoms with van der Waals surface area (Å²) in [6.45, 7) is 2.48. The summed E-state index contributed by atoms with van der Waals surface area (Å²) in [5.41, 5.74) is 0. The molecule has 3 unspecified atom stereocenters. The van der Waals surface area contributed by atoms with Crippen molar-refractivity contribution in [2.45, 2.75) is 13.0 Å². The molecule has 1 aliphatic rings. The van der Waals surface area contributed by atoms with Crippen LogP contribution in [0.25, 0.3) is 0 Å². The first-order valence-electron chi connectivity index (χ1n) is 6.13. The van der Waals surface area contributed by atoms with E-state index >= 15 is 0 Å². The number of nitrogens with one attached hydrogen (secondary N) is 1. The van der Waals surface area contributed by atoms with Crippen molar-refractivity contribution in [3.05, 3.63) is 0 Å². The van der Waals surface area contributed by atoms with Gasteiger partial charge in [-0.05, 0) is 0 Å². The van der Waals surface area contributed by atoms with E-state index in [1.54, 1.807) is 7.05 Å². The number of carbonyl (C=O) groups excluding carboxylic acids is 1. The van der Waals surface area contributed by atoms with Gasteiger partial charge in [-0.15, -0.1) is 0 Å². The predicted octanol–water partition coefficient (Wildman–Crippen LogP) is -0.504. The van der Waals surface area contributed by atoms with Gasteiger partial charge in [-0.3, -0.25) is 9.00 Å². The maximum absolute atomic E-state index is 11.8. The van der Waals surface area contributed by atoms with Crippen LogP contribution in [0.5, 0.6) is 0 Å². The Morgan fingerprint density at radius 1 is 1.47 bits per heavy atom. The van der Waals surface area contributed by atoms with Gasteiger partial charge in [0.15, 0.2) is 0 Å². The lowest BCUT2D eigenvalue weighted by Crippen LogP contribution is -2.49. The zero-order valence-corrected chi connectivity index (χ0v) is 11.9. The maximum atomic E-state index is 11.8. The second-order valence-electron chi connectivity index (χ2n) is 4.32. The average molecular weight is 292 g/mol. The smallest absolute Gasteiger partial charge is 0.317 e. The number of ether oxygens (including phenoxy) is 1. The highest BCUT2D eigenvalue weighted by molar-refractivity contribution is 7.84. The second kappa shape index (κ2) is 7.44. The van der Waals surface area contributed by atoms with Gasteiger partial charge in [0.05, 0.1) is 19.3 Å². The van der Waals surface area contributed by atoms with Crippen LogP contribution in [0.4, 0.5) is 4.79 Å². The van der Waals surface area contributed by atoms with Crippen LogP contribution in [0, 0.1) is 5.92 Å². The zero-order chi connectivity index (χ0) is 14.4. The van der Waals surface area contributed by atoms with Gasteiger partial charge in [0.2, 0.25) is 0 Å². The Morgan fingerprint density at radius 3 is 2.74 bits per heavy atom. The van der Waals surface area contributed by atoms with Crippen LogP contribution >= 0.6 is 0 Å². The number of hydrogen-bond donors (Lipinski definition) is 2. The minimum atomic E-state index is -0.964. The molecular weight excluding hydrogens is 272 g/mol. The normalized spacial score (nSPS) is 23.9. The van der Waals surface area contributed by atoms with Gasteiger partial charge in [0, 0.05) is 35.9 Å². The summed E-state index contributed by atoms with van der Waals surface area (Å²) < 4.78 is 16.3. The molecular formula is C11H20N2O5S. The lowest BCUT2D eigenvalue weighted by Gasteiger charge is -2.26. The van der Waals surface area contributed by atoms with Gasteiger partial charge >= 0.3 is 12.0 Å². The summed E-state index contributed by atoms with van der Waals surface area (Å²) in [6.07, 6.45) is 0. The van der Waals surface area contributed by atoms with E-state index in [0.29, 0.717) is 18.1 Å². The minimum Gasteiger partial charge on any atom is -0.481 e. The Morgan fingerprint density at radius 2 is 2.16 bits per heavy atom. The second-order valence-corrected chi connectivity index (χ2v) is 6.19. The molecule has 19 heavy (non-hydrogen) atoms. The lowest BCUT2D eigenvalue weighted by atomic mass is 10.0. The molecule has 0 bridgehead atoms. The molecule has 0 aromatic heterocycles. The van der Waals surface area contributed by atoms with Gasteiger partial charge in [-0.1, -0.05) is 6.92 Å². The number of urea groups is 1. The third-order valence-electron chi connectivity index (χ3n) is 3.11. The van der Waals surface area contributed by atoms with E-state index in [-0.39, 0.29) is 19.2 Å². The Kier molecular flexibility index (Phi) is 6.23. The number of carboxylic acids is 1. The van der Waals surface area contributed by atoms with Crippen molar-refractivity contribution in [1.82, 2.24) is 10.2 Å². The van der Waals surface area contributed by atoms with E-state index in [4.69, 9.17) is 9.84 Å². The van der Waals surface area contributed by atoms with Crippen molar-refractivity contribution in [3.8, 4) is 0 Å². The predicted molar refractivity (Wildman–Crippen MR) is 70.4 cm³/mol. The summed E-state index contributed by atoms with van der Waals surface area (Å²) in [6, 6.07) is -0.830. The monoisotopic (exact) mass is 292 g/mol. The summed E-state index contributed by atoms with van der Waals surface area (Å²) in [7, 11) is 0.618. The van der Waals surface area contributed by atoms with Gasteiger partial charge < -0.3 is 20.1 Å². The van der Waals surface area contributed by atoms with E-state index < -0.39 is 28.7 Å². The molecule has 0 aromatic rings. The van der Waals surface area contributed by atoms with Crippen LogP contribution in [0.15, 0.2) is 0 Å². The van der Waals surface area contributed by atoms with Crippen LogP contribution in [-0.2, 0) is 20.3 Å². The summed E-state index contributed by atoms with van der Waals surface area (Å²) in [5, 5.41) is 11.6. The third kappa shape index (κ3) is 4.46. The largest absolute Gasteiger partial charge is 0.481 e. The topological polar surface area (TPSA) is 95.9 Å². The molecule has 1 aliphatic heterocycles. The molecule has 7 nitrogen and oxygen atoms in total. The number of hydrogen-bond acceptors (Lipinski definition) is 4. The number of likely N-dealkylation sites (N-methyl/N-ethyl adjacent to an activating group) is 1. The highest BCUT2D eigenvalue weighted by Crippen LogP contribution is 2.18. The van der Waals surface area contributed by atoms with E-state index in [9.17, 15) is 13.8 Å². The molecule has 110 valence electrons. The first-order valence-corrected chi connectivity index (χ1v) is 7.62. The molecule has 0 spiro atoms. The van der Waals surface area contributed by atoms with Crippen LogP contribution in [0.1, 0.15) is 6.92 Å². The number of nitrogens with zero attached hydrogens (tertiary/aromatic N) is 1. The highest BCUT2D eigenvalue weighted by Gasteiger charge is 2.38. The first kappa shape index (κ1) is 15.9. The Balaban J connectivity index is 2.43. The van der Waals surface area contributed by atoms with Gasteiger partial charge in [0.1, 0.15) is 5.92 Å². The zero-order valence-electron chi connectivity index (χ0n) is 11.1. The van der Waals surface area contributed by atoms with E-state index in [0.717, 1.165) is 0 Å². The number of carbonyl (C=O) groups is 2. The fourth-order valence-corrected chi connectivity index (χ4v) is 2.47. The molecule has 3 atom stereocenters. The first-order chi connectivity index (χ1) is 8.97. The molecule has 0 radical (unpaired) electrons. The number of amides is 2. The molecule has 2 amide bonds. The van der Waals surface area contributed by atoms with Crippen molar-refractivity contribution in [2.75, 3.05) is 38.3 Å². The average Bonchev–Trinajstić information content (AvgIpc) is 2.86. The Hall–Kier alpha value is -1.15. The minimum absolute atomic E-state index is 0.122. The number of carboxylic acid groups (broad SMARTS) is 1. The highest BCUT2D eigenvalue weighted by atomic mass is 32.2. The molecule has 0 aromatic carbocycles. The molecule has 1 rings (SSSR count). The maximum Gasteiger partial charge on any atom is 0.317 e. The van der Waals surface area contributed by atoms with Gasteiger partial charge in [0.25, 0.3) is 0 Å². The molecule has 0 saturated carbocycles. The Bertz CT molecular complexity index is 363. The Labute approximate surface area is 114 Å².